The smallest absolute Gasteiger partial charge is 0.234 e. The molecule has 150 valence electrons. The number of hydrogen-bond acceptors (Lipinski definition) is 5. The van der Waals surface area contributed by atoms with Gasteiger partial charge in [0.15, 0.2) is 5.16 Å². The molecule has 1 atom stereocenters. The number of hydrogen-bond donors (Lipinski definition) is 1. The van der Waals surface area contributed by atoms with Crippen LogP contribution in [0.4, 0.5) is 11.6 Å². The molecular weight excluding hydrogens is 370 g/mol. The second-order valence-corrected chi connectivity index (χ2v) is 8.79. The number of aromatic nitrogens is 3. The normalized spacial score (nSPS) is 17.7. The predicted octanol–water partition coefficient (Wildman–Crippen LogP) is 4.46. The van der Waals surface area contributed by atoms with E-state index in [1.54, 1.807) is 0 Å². The Morgan fingerprint density at radius 1 is 1.21 bits per heavy atom. The van der Waals surface area contributed by atoms with Crippen molar-refractivity contribution in [3.8, 4) is 0 Å². The summed E-state index contributed by atoms with van der Waals surface area (Å²) in [6.07, 6.45) is 5.92. The number of carbonyl (C=O) groups is 1. The first kappa shape index (κ1) is 19.3. The molecule has 7 heteroatoms. The molecule has 1 unspecified atom stereocenters. The third kappa shape index (κ3) is 4.35. The summed E-state index contributed by atoms with van der Waals surface area (Å²) in [5, 5.41) is 12.7. The number of nitrogens with one attached hydrogen (secondary N) is 1. The second kappa shape index (κ2) is 8.55. The molecule has 1 N–H and O–H groups in total. The van der Waals surface area contributed by atoms with Crippen LogP contribution in [0.1, 0.15) is 63.5 Å². The second-order valence-electron chi connectivity index (χ2n) is 7.85. The van der Waals surface area contributed by atoms with Gasteiger partial charge >= 0.3 is 0 Å². The molecule has 2 aromatic rings. The van der Waals surface area contributed by atoms with Gasteiger partial charge in [-0.3, -0.25) is 9.36 Å². The lowest BCUT2D eigenvalue weighted by Crippen LogP contribution is -2.22. The van der Waals surface area contributed by atoms with Gasteiger partial charge in [0.25, 0.3) is 0 Å². The molecule has 6 nitrogen and oxygen atoms in total. The molecule has 0 radical (unpaired) electrons. The molecule has 0 spiro atoms. The number of amides is 1. The Hall–Kier alpha value is -2.02. The predicted molar refractivity (Wildman–Crippen MR) is 114 cm³/mol. The largest absolute Gasteiger partial charge is 0.341 e. The van der Waals surface area contributed by atoms with Crippen molar-refractivity contribution < 1.29 is 4.79 Å². The third-order valence-corrected chi connectivity index (χ3v) is 6.60. The van der Waals surface area contributed by atoms with Gasteiger partial charge in [-0.05, 0) is 55.7 Å². The Morgan fingerprint density at radius 3 is 2.57 bits per heavy atom. The Morgan fingerprint density at radius 2 is 1.93 bits per heavy atom. The Bertz CT molecular complexity index is 809. The summed E-state index contributed by atoms with van der Waals surface area (Å²) in [6.45, 7) is 6.52. The number of carbonyl (C=O) groups excluding carboxylic acids is 1. The van der Waals surface area contributed by atoms with E-state index in [0.29, 0.717) is 17.7 Å². The quantitative estimate of drug-likeness (QED) is 0.664. The van der Waals surface area contributed by atoms with Gasteiger partial charge in [0.1, 0.15) is 0 Å². The van der Waals surface area contributed by atoms with E-state index in [-0.39, 0.29) is 5.91 Å². The van der Waals surface area contributed by atoms with Gasteiger partial charge in [-0.15, -0.1) is 10.2 Å². The van der Waals surface area contributed by atoms with Crippen LogP contribution in [0, 0.1) is 0 Å². The molecule has 1 amide bonds. The van der Waals surface area contributed by atoms with E-state index in [2.05, 4.69) is 51.0 Å². The van der Waals surface area contributed by atoms with Gasteiger partial charge in [-0.1, -0.05) is 37.7 Å². The molecule has 2 heterocycles. The van der Waals surface area contributed by atoms with Gasteiger partial charge < -0.3 is 10.2 Å². The van der Waals surface area contributed by atoms with Crippen molar-refractivity contribution in [1.82, 2.24) is 14.8 Å². The molecule has 1 aromatic carbocycles. The van der Waals surface area contributed by atoms with Crippen LogP contribution in [0.2, 0.25) is 0 Å². The van der Waals surface area contributed by atoms with E-state index in [1.807, 2.05) is 12.1 Å². The average Bonchev–Trinajstić information content (AvgIpc) is 3.23. The van der Waals surface area contributed by atoms with Gasteiger partial charge in [-0.2, -0.15) is 0 Å². The lowest BCUT2D eigenvalue weighted by Gasteiger charge is -2.17. The van der Waals surface area contributed by atoms with Gasteiger partial charge in [0, 0.05) is 24.8 Å². The summed E-state index contributed by atoms with van der Waals surface area (Å²) in [5.74, 6) is 1.87. The van der Waals surface area contributed by atoms with Crippen LogP contribution in [-0.2, 0) is 4.79 Å². The fourth-order valence-corrected chi connectivity index (χ4v) is 4.41. The first-order valence-corrected chi connectivity index (χ1v) is 11.4. The highest BCUT2D eigenvalue weighted by Gasteiger charge is 2.32. The van der Waals surface area contributed by atoms with Crippen molar-refractivity contribution in [1.29, 1.82) is 0 Å². The van der Waals surface area contributed by atoms with Crippen LogP contribution in [0.3, 0.4) is 0 Å². The average molecular weight is 400 g/mol. The minimum Gasteiger partial charge on any atom is -0.341 e. The molecule has 1 aliphatic carbocycles. The van der Waals surface area contributed by atoms with E-state index in [1.165, 1.54) is 43.0 Å². The van der Waals surface area contributed by atoms with Crippen LogP contribution >= 0.6 is 11.8 Å². The standard InChI is InChI=1S/C21H29N5OS/c1-3-15(2)16-6-8-17(9-7-16)22-19(27)14-28-21-24-23-20(25-12-4-5-13-25)26(21)18-10-11-18/h6-9,15,18H,3-5,10-14H2,1-2H3,(H,22,27). The van der Waals surface area contributed by atoms with E-state index < -0.39 is 0 Å². The maximum Gasteiger partial charge on any atom is 0.234 e. The molecule has 0 bridgehead atoms. The van der Waals surface area contributed by atoms with Crippen molar-refractivity contribution in [3.05, 3.63) is 29.8 Å². The Balaban J connectivity index is 1.36. The SMILES string of the molecule is CCC(C)c1ccc(NC(=O)CSc2nnc(N3CCCC3)n2C2CC2)cc1. The molecule has 1 aliphatic heterocycles. The molecular formula is C21H29N5OS. The molecule has 2 aliphatic rings. The fourth-order valence-electron chi connectivity index (χ4n) is 3.61. The van der Waals surface area contributed by atoms with E-state index in [0.717, 1.165) is 36.3 Å². The zero-order chi connectivity index (χ0) is 19.5. The van der Waals surface area contributed by atoms with Crippen molar-refractivity contribution in [2.24, 2.45) is 0 Å². The zero-order valence-electron chi connectivity index (χ0n) is 16.7. The number of thioether (sulfide) groups is 1. The van der Waals surface area contributed by atoms with E-state index >= 15 is 0 Å². The number of anilines is 2. The van der Waals surface area contributed by atoms with Crippen molar-refractivity contribution in [2.45, 2.75) is 63.1 Å². The number of rotatable bonds is 8. The van der Waals surface area contributed by atoms with Crippen molar-refractivity contribution >= 4 is 29.3 Å². The Kier molecular flexibility index (Phi) is 5.90. The molecule has 1 aromatic heterocycles. The number of benzene rings is 1. The highest BCUT2D eigenvalue weighted by molar-refractivity contribution is 7.99. The summed E-state index contributed by atoms with van der Waals surface area (Å²) in [6, 6.07) is 8.68. The summed E-state index contributed by atoms with van der Waals surface area (Å²) in [7, 11) is 0. The van der Waals surface area contributed by atoms with Crippen LogP contribution in [0.25, 0.3) is 0 Å². The third-order valence-electron chi connectivity index (χ3n) is 5.66. The maximum atomic E-state index is 12.4. The van der Waals surface area contributed by atoms with E-state index in [4.69, 9.17) is 0 Å². The maximum absolute atomic E-state index is 12.4. The van der Waals surface area contributed by atoms with Gasteiger partial charge in [0.05, 0.1) is 5.75 Å². The van der Waals surface area contributed by atoms with Gasteiger partial charge in [-0.25, -0.2) is 0 Å². The summed E-state index contributed by atoms with van der Waals surface area (Å²) in [4.78, 5) is 14.7. The monoisotopic (exact) mass is 399 g/mol. The molecule has 28 heavy (non-hydrogen) atoms. The van der Waals surface area contributed by atoms with E-state index in [9.17, 15) is 4.79 Å². The van der Waals surface area contributed by atoms with Crippen LogP contribution in [-0.4, -0.2) is 39.5 Å². The highest BCUT2D eigenvalue weighted by atomic mass is 32.2. The lowest BCUT2D eigenvalue weighted by molar-refractivity contribution is -0.113. The van der Waals surface area contributed by atoms with Crippen molar-refractivity contribution in [2.75, 3.05) is 29.1 Å². The number of nitrogens with zero attached hydrogens (tertiary/aromatic N) is 4. The Labute approximate surface area is 171 Å². The van der Waals surface area contributed by atoms with Crippen LogP contribution < -0.4 is 10.2 Å². The highest BCUT2D eigenvalue weighted by Crippen LogP contribution is 2.41. The first-order valence-electron chi connectivity index (χ1n) is 10.4. The first-order chi connectivity index (χ1) is 13.7. The molecule has 2 fully saturated rings. The summed E-state index contributed by atoms with van der Waals surface area (Å²) < 4.78 is 2.25. The molecule has 1 saturated carbocycles. The summed E-state index contributed by atoms with van der Waals surface area (Å²) in [5.41, 5.74) is 2.15. The lowest BCUT2D eigenvalue weighted by atomic mass is 9.99. The molecule has 1 saturated heterocycles. The summed E-state index contributed by atoms with van der Waals surface area (Å²) >= 11 is 1.48. The molecule has 4 rings (SSSR count). The van der Waals surface area contributed by atoms with Gasteiger partial charge in [0.2, 0.25) is 11.9 Å². The topological polar surface area (TPSA) is 63.1 Å². The minimum absolute atomic E-state index is 0.00522. The van der Waals surface area contributed by atoms with Crippen molar-refractivity contribution in [3.63, 3.8) is 0 Å². The van der Waals surface area contributed by atoms with Crippen LogP contribution in [0.5, 0.6) is 0 Å². The minimum atomic E-state index is -0.00522. The fraction of sp³-hybridized carbons (Fsp3) is 0.571. The zero-order valence-corrected chi connectivity index (χ0v) is 17.5. The van der Waals surface area contributed by atoms with Crippen LogP contribution in [0.15, 0.2) is 29.4 Å².